The van der Waals surface area contributed by atoms with E-state index >= 15 is 0 Å². The van der Waals surface area contributed by atoms with Crippen molar-refractivity contribution in [1.82, 2.24) is 30.2 Å². The third kappa shape index (κ3) is 5.42. The number of pyridine rings is 1. The van der Waals surface area contributed by atoms with Gasteiger partial charge in [0.05, 0.1) is 13.2 Å². The quantitative estimate of drug-likeness (QED) is 0.427. The molecule has 1 amide bonds. The smallest absolute Gasteiger partial charge is 0.322 e. The lowest BCUT2D eigenvalue weighted by Crippen LogP contribution is -2.38. The molecular weight excluding hydrogens is 438 g/mol. The summed E-state index contributed by atoms with van der Waals surface area (Å²) in [4.78, 5) is 35.4. The van der Waals surface area contributed by atoms with E-state index in [4.69, 9.17) is 9.47 Å². The normalized spacial score (nSPS) is 16.4. The number of fused-ring (bicyclic) bond motifs is 1. The lowest BCUT2D eigenvalue weighted by molar-refractivity contribution is 0.0833. The number of amides is 1. The molecule has 11 heteroatoms. The van der Waals surface area contributed by atoms with Crippen molar-refractivity contribution in [1.29, 1.82) is 0 Å². The van der Waals surface area contributed by atoms with Crippen molar-refractivity contribution in [2.24, 2.45) is 0 Å². The molecule has 11 nitrogen and oxygen atoms in total. The van der Waals surface area contributed by atoms with Crippen LogP contribution in [0, 0.1) is 0 Å². The third-order valence-corrected chi connectivity index (χ3v) is 5.87. The molecule has 0 unspecified atom stereocenters. The van der Waals surface area contributed by atoms with Gasteiger partial charge in [0.15, 0.2) is 0 Å². The minimum Gasteiger partial charge on any atom is -0.458 e. The van der Waals surface area contributed by atoms with Crippen molar-refractivity contribution in [2.45, 2.75) is 44.8 Å². The Kier molecular flexibility index (Phi) is 7.53. The highest BCUT2D eigenvalue weighted by atomic mass is 16.5. The van der Waals surface area contributed by atoms with Gasteiger partial charge in [-0.15, -0.1) is 0 Å². The zero-order valence-electron chi connectivity index (χ0n) is 19.7. The summed E-state index contributed by atoms with van der Waals surface area (Å²) in [7, 11) is 1.59. The Morgan fingerprint density at radius 2 is 2.09 bits per heavy atom. The fourth-order valence-electron chi connectivity index (χ4n) is 4.13. The van der Waals surface area contributed by atoms with Gasteiger partial charge in [-0.25, -0.2) is 4.98 Å². The van der Waals surface area contributed by atoms with Crippen molar-refractivity contribution in [2.75, 3.05) is 38.3 Å². The number of methoxy groups -OCH3 is 1. The second-order valence-corrected chi connectivity index (χ2v) is 8.59. The molecule has 0 bridgehead atoms. The van der Waals surface area contributed by atoms with E-state index in [1.54, 1.807) is 20.2 Å². The van der Waals surface area contributed by atoms with E-state index in [1.807, 2.05) is 17.9 Å². The van der Waals surface area contributed by atoms with E-state index < -0.39 is 11.9 Å². The molecule has 1 fully saturated rings. The van der Waals surface area contributed by atoms with E-state index in [9.17, 15) is 9.90 Å². The second-order valence-electron chi connectivity index (χ2n) is 8.59. The van der Waals surface area contributed by atoms with Crippen LogP contribution in [0.3, 0.4) is 0 Å². The number of aliphatic hydroxyl groups excluding tert-OH is 1. The van der Waals surface area contributed by atoms with Crippen molar-refractivity contribution in [3.8, 4) is 6.01 Å². The highest BCUT2D eigenvalue weighted by Crippen LogP contribution is 2.33. The van der Waals surface area contributed by atoms with Crippen LogP contribution in [0.1, 0.15) is 48.8 Å². The van der Waals surface area contributed by atoms with E-state index in [2.05, 4.69) is 42.5 Å². The van der Waals surface area contributed by atoms with Crippen LogP contribution in [-0.2, 0) is 4.74 Å². The van der Waals surface area contributed by atoms with Gasteiger partial charge in [-0.2, -0.15) is 15.0 Å². The van der Waals surface area contributed by atoms with E-state index in [1.165, 1.54) is 5.56 Å². The maximum atomic E-state index is 12.7. The second kappa shape index (κ2) is 10.7. The number of hydrogen-bond donors (Lipinski definition) is 3. The Hall–Kier alpha value is -3.31. The molecule has 4 rings (SSSR count). The molecule has 3 N–H and O–H groups in total. The number of ether oxygens (including phenoxy) is 2. The number of hydrogen-bond acceptors (Lipinski definition) is 9. The predicted molar refractivity (Wildman–Crippen MR) is 126 cm³/mol. The molecule has 0 saturated carbocycles. The molecule has 182 valence electrons. The Labute approximate surface area is 197 Å². The van der Waals surface area contributed by atoms with Crippen molar-refractivity contribution >= 4 is 22.9 Å². The zero-order valence-corrected chi connectivity index (χ0v) is 19.7. The molecule has 3 aromatic rings. The molecule has 3 aromatic heterocycles. The summed E-state index contributed by atoms with van der Waals surface area (Å²) in [5, 5.41) is 13.1. The highest BCUT2D eigenvalue weighted by Gasteiger charge is 2.26. The fourth-order valence-corrected chi connectivity index (χ4v) is 4.13. The number of anilines is 1. The van der Waals surface area contributed by atoms with E-state index in [0.717, 1.165) is 37.0 Å². The Morgan fingerprint density at radius 1 is 1.29 bits per heavy atom. The topological polar surface area (TPSA) is 138 Å². The van der Waals surface area contributed by atoms with Crippen molar-refractivity contribution in [3.05, 3.63) is 35.9 Å². The molecule has 0 aliphatic carbocycles. The summed E-state index contributed by atoms with van der Waals surface area (Å²) in [5.74, 6) is 0.252. The average molecular weight is 470 g/mol. The molecule has 0 radical (unpaired) electrons. The number of piperidine rings is 1. The molecule has 2 atom stereocenters. The average Bonchev–Trinajstić information content (AvgIpc) is 3.28. The van der Waals surface area contributed by atoms with E-state index in [0.29, 0.717) is 18.5 Å². The lowest BCUT2D eigenvalue weighted by atomic mass is 9.89. The van der Waals surface area contributed by atoms with Crippen LogP contribution in [0.2, 0.25) is 0 Å². The molecule has 1 aliphatic heterocycles. The molecule has 4 heterocycles. The van der Waals surface area contributed by atoms with Gasteiger partial charge in [0.2, 0.25) is 11.8 Å². The number of aromatic amines is 1. The van der Waals surface area contributed by atoms with Crippen LogP contribution < -0.4 is 15.0 Å². The van der Waals surface area contributed by atoms with Gasteiger partial charge in [0, 0.05) is 44.0 Å². The number of carbonyl (C=O) groups is 1. The van der Waals surface area contributed by atoms with Crippen LogP contribution in [-0.4, -0.2) is 81.5 Å². The van der Waals surface area contributed by atoms with Gasteiger partial charge in [0.25, 0.3) is 5.91 Å². The molecule has 0 spiro atoms. The van der Waals surface area contributed by atoms with Crippen LogP contribution >= 0.6 is 0 Å². The predicted octanol–water partition coefficient (Wildman–Crippen LogP) is 1.66. The number of aliphatic hydroxyl groups is 1. The van der Waals surface area contributed by atoms with Crippen molar-refractivity contribution < 1.29 is 19.4 Å². The first-order chi connectivity index (χ1) is 16.5. The standard InChI is InChI=1S/C23H31N7O4/c1-14(12-31)26-21(32)20-27-22(29-23(28-20)34-15(2)13-33-3)30-9-6-16(7-10-30)18-11-25-19-17(18)5-4-8-24-19/h4-5,8,11,14-16,31H,6-7,9-10,12-13H2,1-3H3,(H,24,25)(H,26,32)/t14-,15-/m1/s1. The maximum absolute atomic E-state index is 12.7. The number of H-pyrrole nitrogens is 1. The third-order valence-electron chi connectivity index (χ3n) is 5.87. The van der Waals surface area contributed by atoms with Gasteiger partial charge < -0.3 is 29.8 Å². The van der Waals surface area contributed by atoms with Crippen LogP contribution in [0.5, 0.6) is 6.01 Å². The first kappa shape index (κ1) is 23.8. The number of nitrogens with one attached hydrogen (secondary N) is 2. The fraction of sp³-hybridized carbons (Fsp3) is 0.522. The number of nitrogens with zero attached hydrogens (tertiary/aromatic N) is 5. The maximum Gasteiger partial charge on any atom is 0.322 e. The van der Waals surface area contributed by atoms with E-state index in [-0.39, 0.29) is 24.5 Å². The van der Waals surface area contributed by atoms with Gasteiger partial charge in [-0.1, -0.05) is 0 Å². The van der Waals surface area contributed by atoms with Gasteiger partial charge in [-0.05, 0) is 50.3 Å². The van der Waals surface area contributed by atoms with Gasteiger partial charge in [-0.3, -0.25) is 4.79 Å². The number of carbonyl (C=O) groups excluding carboxylic acids is 1. The molecule has 1 saturated heterocycles. The van der Waals surface area contributed by atoms with Crippen LogP contribution in [0.25, 0.3) is 11.0 Å². The largest absolute Gasteiger partial charge is 0.458 e. The minimum absolute atomic E-state index is 0.0465. The summed E-state index contributed by atoms with van der Waals surface area (Å²) in [6.45, 7) is 5.15. The lowest BCUT2D eigenvalue weighted by Gasteiger charge is -2.32. The summed E-state index contributed by atoms with van der Waals surface area (Å²) < 4.78 is 10.9. The molecule has 0 aromatic carbocycles. The SMILES string of the molecule is COC[C@@H](C)Oc1nc(C(=O)N[C@H](C)CO)nc(N2CCC(c3c[nH]c4ncccc34)CC2)n1. The highest BCUT2D eigenvalue weighted by molar-refractivity contribution is 5.91. The Balaban J connectivity index is 1.52. The summed E-state index contributed by atoms with van der Waals surface area (Å²) in [5.41, 5.74) is 2.17. The van der Waals surface area contributed by atoms with Crippen LogP contribution in [0.15, 0.2) is 24.5 Å². The first-order valence-corrected chi connectivity index (χ1v) is 11.5. The van der Waals surface area contributed by atoms with Crippen molar-refractivity contribution in [3.63, 3.8) is 0 Å². The summed E-state index contributed by atoms with van der Waals surface area (Å²) >= 11 is 0. The molecule has 1 aliphatic rings. The van der Waals surface area contributed by atoms with Crippen LogP contribution in [0.4, 0.5) is 5.95 Å². The van der Waals surface area contributed by atoms with Gasteiger partial charge in [0.1, 0.15) is 11.8 Å². The zero-order chi connectivity index (χ0) is 24.1. The number of rotatable bonds is 9. The van der Waals surface area contributed by atoms with Gasteiger partial charge >= 0.3 is 6.01 Å². The molecular formula is C23H31N7O4. The minimum atomic E-state index is -0.490. The monoisotopic (exact) mass is 469 g/mol. The summed E-state index contributed by atoms with van der Waals surface area (Å²) in [6, 6.07) is 3.69. The summed E-state index contributed by atoms with van der Waals surface area (Å²) in [6.07, 6.45) is 5.36. The molecule has 34 heavy (non-hydrogen) atoms. The Morgan fingerprint density at radius 3 is 2.82 bits per heavy atom. The number of aromatic nitrogens is 5. The first-order valence-electron chi connectivity index (χ1n) is 11.5. The Bertz CT molecular complexity index is 1110.